The first-order valence-electron chi connectivity index (χ1n) is 6.39. The number of ether oxygens (including phenoxy) is 3. The third kappa shape index (κ3) is 3.42. The summed E-state index contributed by atoms with van der Waals surface area (Å²) in [6.45, 7) is 0.909. The van der Waals surface area contributed by atoms with Crippen molar-refractivity contribution in [2.75, 3.05) is 14.2 Å². The van der Waals surface area contributed by atoms with Crippen molar-refractivity contribution in [1.29, 1.82) is 0 Å². The fourth-order valence-corrected chi connectivity index (χ4v) is 1.85. The van der Waals surface area contributed by atoms with Gasteiger partial charge in [0.1, 0.15) is 23.9 Å². The van der Waals surface area contributed by atoms with Gasteiger partial charge in [-0.05, 0) is 23.8 Å². The van der Waals surface area contributed by atoms with Crippen LogP contribution in [0.2, 0.25) is 0 Å². The molecule has 0 atom stereocenters. The standard InChI is InChI=1S/C16H19NO3/c1-18-14-6-3-12(4-7-14)11-20-16-9-15(19-2)8-5-13(16)10-17/h3-9H,10-11,17H2,1-2H3. The van der Waals surface area contributed by atoms with Crippen LogP contribution in [0.1, 0.15) is 11.1 Å². The Hall–Kier alpha value is -2.20. The highest BCUT2D eigenvalue weighted by Crippen LogP contribution is 2.25. The summed E-state index contributed by atoms with van der Waals surface area (Å²) in [5.74, 6) is 2.34. The Labute approximate surface area is 119 Å². The van der Waals surface area contributed by atoms with Crippen molar-refractivity contribution in [3.63, 3.8) is 0 Å². The van der Waals surface area contributed by atoms with Crippen LogP contribution in [0.5, 0.6) is 17.2 Å². The molecule has 106 valence electrons. The highest BCUT2D eigenvalue weighted by Gasteiger charge is 2.05. The van der Waals surface area contributed by atoms with Crippen LogP contribution in [0.3, 0.4) is 0 Å². The highest BCUT2D eigenvalue weighted by atomic mass is 16.5. The summed E-state index contributed by atoms with van der Waals surface area (Å²) in [5.41, 5.74) is 7.74. The van der Waals surface area contributed by atoms with E-state index in [0.717, 1.165) is 28.4 Å². The van der Waals surface area contributed by atoms with Gasteiger partial charge in [-0.1, -0.05) is 18.2 Å². The summed E-state index contributed by atoms with van der Waals surface area (Å²) in [4.78, 5) is 0. The van der Waals surface area contributed by atoms with Crippen molar-refractivity contribution >= 4 is 0 Å². The third-order valence-corrected chi connectivity index (χ3v) is 3.05. The lowest BCUT2D eigenvalue weighted by molar-refractivity contribution is 0.300. The summed E-state index contributed by atoms with van der Waals surface area (Å²) in [5, 5.41) is 0. The summed E-state index contributed by atoms with van der Waals surface area (Å²) in [6.07, 6.45) is 0. The molecular formula is C16H19NO3. The summed E-state index contributed by atoms with van der Waals surface area (Å²) in [6, 6.07) is 13.4. The van der Waals surface area contributed by atoms with Crippen LogP contribution in [0.25, 0.3) is 0 Å². The van der Waals surface area contributed by atoms with E-state index in [2.05, 4.69) is 0 Å². The van der Waals surface area contributed by atoms with Crippen LogP contribution in [0, 0.1) is 0 Å². The number of benzene rings is 2. The lowest BCUT2D eigenvalue weighted by Crippen LogP contribution is -2.03. The quantitative estimate of drug-likeness (QED) is 0.879. The molecule has 4 heteroatoms. The van der Waals surface area contributed by atoms with Crippen molar-refractivity contribution in [2.24, 2.45) is 5.73 Å². The monoisotopic (exact) mass is 273 g/mol. The maximum atomic E-state index is 5.83. The minimum Gasteiger partial charge on any atom is -0.497 e. The second-order valence-corrected chi connectivity index (χ2v) is 4.31. The van der Waals surface area contributed by atoms with Crippen LogP contribution in [0.15, 0.2) is 42.5 Å². The molecule has 0 amide bonds. The molecule has 0 saturated carbocycles. The normalized spacial score (nSPS) is 10.2. The Morgan fingerprint density at radius 1 is 0.900 bits per heavy atom. The SMILES string of the molecule is COc1ccc(COc2cc(OC)ccc2CN)cc1. The van der Waals surface area contributed by atoms with Gasteiger partial charge in [0.05, 0.1) is 14.2 Å². The van der Waals surface area contributed by atoms with Gasteiger partial charge < -0.3 is 19.9 Å². The Kier molecular flexibility index (Phi) is 4.85. The van der Waals surface area contributed by atoms with Gasteiger partial charge in [-0.3, -0.25) is 0 Å². The van der Waals surface area contributed by atoms with Gasteiger partial charge in [-0.2, -0.15) is 0 Å². The molecule has 4 nitrogen and oxygen atoms in total. The number of hydrogen-bond donors (Lipinski definition) is 1. The first kappa shape index (κ1) is 14.2. The summed E-state index contributed by atoms with van der Waals surface area (Å²) < 4.78 is 16.2. The molecule has 0 radical (unpaired) electrons. The Morgan fingerprint density at radius 2 is 1.55 bits per heavy atom. The zero-order valence-corrected chi connectivity index (χ0v) is 11.8. The predicted molar refractivity (Wildman–Crippen MR) is 78.2 cm³/mol. The van der Waals surface area contributed by atoms with Crippen LogP contribution >= 0.6 is 0 Å². The molecule has 2 N–H and O–H groups in total. The predicted octanol–water partition coefficient (Wildman–Crippen LogP) is 2.74. The lowest BCUT2D eigenvalue weighted by Gasteiger charge is -2.12. The maximum Gasteiger partial charge on any atom is 0.127 e. The average molecular weight is 273 g/mol. The minimum absolute atomic E-state index is 0.432. The van der Waals surface area contributed by atoms with Gasteiger partial charge >= 0.3 is 0 Å². The topological polar surface area (TPSA) is 53.7 Å². The molecule has 0 saturated heterocycles. The molecule has 2 rings (SSSR count). The van der Waals surface area contributed by atoms with E-state index in [0.29, 0.717) is 13.2 Å². The average Bonchev–Trinajstić information content (AvgIpc) is 2.53. The zero-order valence-electron chi connectivity index (χ0n) is 11.8. The molecule has 20 heavy (non-hydrogen) atoms. The van der Waals surface area contributed by atoms with Gasteiger partial charge in [0.25, 0.3) is 0 Å². The molecule has 0 fully saturated rings. The van der Waals surface area contributed by atoms with Crippen LogP contribution in [-0.2, 0) is 13.2 Å². The van der Waals surface area contributed by atoms with Crippen molar-refractivity contribution in [2.45, 2.75) is 13.2 Å². The molecule has 0 aliphatic carbocycles. The first-order valence-corrected chi connectivity index (χ1v) is 6.39. The van der Waals surface area contributed by atoms with E-state index in [1.54, 1.807) is 14.2 Å². The smallest absolute Gasteiger partial charge is 0.127 e. The van der Waals surface area contributed by atoms with E-state index in [4.69, 9.17) is 19.9 Å². The van der Waals surface area contributed by atoms with Gasteiger partial charge in [-0.25, -0.2) is 0 Å². The van der Waals surface area contributed by atoms with Gasteiger partial charge in [0, 0.05) is 18.2 Å². The molecule has 0 aliphatic heterocycles. The number of nitrogens with two attached hydrogens (primary N) is 1. The van der Waals surface area contributed by atoms with Crippen molar-refractivity contribution in [3.05, 3.63) is 53.6 Å². The zero-order chi connectivity index (χ0) is 14.4. The molecule has 2 aromatic carbocycles. The summed E-state index contributed by atoms with van der Waals surface area (Å²) in [7, 11) is 3.28. The highest BCUT2D eigenvalue weighted by molar-refractivity contribution is 5.41. The molecule has 0 heterocycles. The first-order chi connectivity index (χ1) is 9.76. The van der Waals surface area contributed by atoms with Crippen LogP contribution < -0.4 is 19.9 Å². The fourth-order valence-electron chi connectivity index (χ4n) is 1.85. The molecule has 0 spiro atoms. The van der Waals surface area contributed by atoms with E-state index in [1.807, 2.05) is 42.5 Å². The molecule has 0 aromatic heterocycles. The summed E-state index contributed by atoms with van der Waals surface area (Å²) >= 11 is 0. The van der Waals surface area contributed by atoms with Crippen molar-refractivity contribution in [1.82, 2.24) is 0 Å². The van der Waals surface area contributed by atoms with Crippen molar-refractivity contribution < 1.29 is 14.2 Å². The maximum absolute atomic E-state index is 5.83. The van der Waals surface area contributed by atoms with E-state index in [-0.39, 0.29) is 0 Å². The van der Waals surface area contributed by atoms with Gasteiger partial charge in [-0.15, -0.1) is 0 Å². The van der Waals surface area contributed by atoms with E-state index in [9.17, 15) is 0 Å². The van der Waals surface area contributed by atoms with E-state index >= 15 is 0 Å². The van der Waals surface area contributed by atoms with Crippen LogP contribution in [-0.4, -0.2) is 14.2 Å². The molecule has 0 bridgehead atoms. The second kappa shape index (κ2) is 6.82. The molecule has 0 aliphatic rings. The number of hydrogen-bond acceptors (Lipinski definition) is 4. The second-order valence-electron chi connectivity index (χ2n) is 4.31. The van der Waals surface area contributed by atoms with Gasteiger partial charge in [0.15, 0.2) is 0 Å². The van der Waals surface area contributed by atoms with Crippen molar-refractivity contribution in [3.8, 4) is 17.2 Å². The molecule has 2 aromatic rings. The third-order valence-electron chi connectivity index (χ3n) is 3.05. The number of methoxy groups -OCH3 is 2. The largest absolute Gasteiger partial charge is 0.497 e. The Morgan fingerprint density at radius 3 is 2.15 bits per heavy atom. The van der Waals surface area contributed by atoms with Crippen LogP contribution in [0.4, 0.5) is 0 Å². The number of rotatable bonds is 6. The molecular weight excluding hydrogens is 254 g/mol. The minimum atomic E-state index is 0.432. The van der Waals surface area contributed by atoms with E-state index in [1.165, 1.54) is 0 Å². The molecule has 0 unspecified atom stereocenters. The lowest BCUT2D eigenvalue weighted by atomic mass is 10.2. The Balaban J connectivity index is 2.08. The van der Waals surface area contributed by atoms with E-state index < -0.39 is 0 Å². The fraction of sp³-hybridized carbons (Fsp3) is 0.250. The van der Waals surface area contributed by atoms with Gasteiger partial charge in [0.2, 0.25) is 0 Å². The Bertz CT molecular complexity index is 552.